The number of amides is 1. The third-order valence-corrected chi connectivity index (χ3v) is 12.5. The number of carbonyl (C=O) groups excluding carboxylic acids is 4. The molecular weight excluding hydrogens is 1350 g/mol. The molecule has 0 aliphatic rings. The number of benzene rings is 6. The van der Waals surface area contributed by atoms with E-state index in [1.165, 1.54) is 71.2 Å². The average molecular weight is 1420 g/mol. The van der Waals surface area contributed by atoms with Crippen LogP contribution in [-0.4, -0.2) is 122 Å². The van der Waals surface area contributed by atoms with Gasteiger partial charge in [-0.2, -0.15) is 19.4 Å². The number of para-hydroxylation sites is 6. The smallest absolute Gasteiger partial charge is 0.337 e. The number of rotatable bonds is 5. The molecule has 7 aromatic heterocycles. The molecule has 0 aliphatic carbocycles. The summed E-state index contributed by atoms with van der Waals surface area (Å²) in [5, 5.41) is 63.3. The van der Waals surface area contributed by atoms with Gasteiger partial charge in [-0.3, -0.25) is 70.9 Å². The number of ether oxygens (including phenoxy) is 1. The molecule has 13 aromatic rings. The van der Waals surface area contributed by atoms with E-state index in [1.807, 2.05) is 29.7 Å². The van der Waals surface area contributed by atoms with Crippen molar-refractivity contribution in [3.05, 3.63) is 239 Å². The van der Waals surface area contributed by atoms with Crippen LogP contribution in [0.4, 0.5) is 11.4 Å². The highest BCUT2D eigenvalue weighted by Gasteiger charge is 2.13. The number of aromatic nitrogens is 11. The topological polar surface area (TPSA) is 573 Å². The molecule has 35 nitrogen and oxygen atoms in total. The Morgan fingerprint density at radius 2 is 1.02 bits per heavy atom. The summed E-state index contributed by atoms with van der Waals surface area (Å²) in [5.41, 5.74) is 11.7. The summed E-state index contributed by atoms with van der Waals surface area (Å²) in [6, 6.07) is 42.9. The van der Waals surface area contributed by atoms with Gasteiger partial charge in [-0.05, 0) is 86.6 Å². The molecule has 0 bridgehead atoms. The summed E-state index contributed by atoms with van der Waals surface area (Å²) in [6.07, 6.45) is 6.40. The second-order valence-electron chi connectivity index (χ2n) is 19.1. The fourth-order valence-electron chi connectivity index (χ4n) is 8.33. The Morgan fingerprint density at radius 1 is 0.618 bits per heavy atom. The number of H-pyrrole nitrogens is 2. The van der Waals surface area contributed by atoms with E-state index in [-0.39, 0.29) is 73.1 Å². The van der Waals surface area contributed by atoms with Gasteiger partial charge >= 0.3 is 23.9 Å². The predicted octanol–water partition coefficient (Wildman–Crippen LogP) is 4.38. The van der Waals surface area contributed by atoms with E-state index in [9.17, 15) is 47.9 Å². The molecule has 13 rings (SSSR count). The average Bonchev–Trinajstić information content (AvgIpc) is 1.61. The van der Waals surface area contributed by atoms with Gasteiger partial charge in [0, 0.05) is 51.7 Å². The third-order valence-electron chi connectivity index (χ3n) is 12.5. The lowest BCUT2D eigenvalue weighted by Crippen LogP contribution is -2.30. The number of aldehydes is 1. The monoisotopic (exact) mass is 1420 g/mol. The van der Waals surface area contributed by atoms with E-state index >= 15 is 0 Å². The number of aliphatic hydroxyl groups is 1. The number of nitrogen functional groups attached to an aromatic ring is 2. The lowest BCUT2D eigenvalue weighted by Gasteiger charge is -2.04. The number of aromatic carboxylic acids is 2. The van der Waals surface area contributed by atoms with E-state index in [0.717, 1.165) is 4.68 Å². The summed E-state index contributed by atoms with van der Waals surface area (Å²) in [6.45, 7) is 7.33. The second kappa shape index (κ2) is 42.9. The Labute approximate surface area is 583 Å². The molecule has 36 heteroatoms. The Balaban J connectivity index is 0.000000590. The van der Waals surface area contributed by atoms with Crippen LogP contribution in [0.25, 0.3) is 66.8 Å². The zero-order valence-electron chi connectivity index (χ0n) is 53.4. The maximum Gasteiger partial charge on any atom is 0.337 e. The number of carboxylic acid groups (broad SMARTS) is 2. The molecule has 536 valence electrons. The molecule has 0 aliphatic heterocycles. The molecule has 0 radical (unpaired) electrons. The zero-order valence-corrected chi connectivity index (χ0v) is 54.3. The lowest BCUT2D eigenvalue weighted by molar-refractivity contribution is -0.156. The number of nitrogens with two attached hydrogens (primary N) is 5. The number of hydroxylamine groups is 1. The van der Waals surface area contributed by atoms with Gasteiger partial charge in [-0.15, -0.1) is 12.4 Å². The van der Waals surface area contributed by atoms with Crippen molar-refractivity contribution < 1.29 is 59.2 Å². The van der Waals surface area contributed by atoms with Crippen LogP contribution in [0.15, 0.2) is 183 Å². The second-order valence-corrected chi connectivity index (χ2v) is 19.1. The first-order valence-electron chi connectivity index (χ1n) is 28.3. The van der Waals surface area contributed by atoms with Crippen LogP contribution in [0, 0.1) is 18.3 Å². The van der Waals surface area contributed by atoms with Crippen LogP contribution in [0.1, 0.15) is 85.0 Å². The number of fused-ring (bicyclic) bond motifs is 7. The van der Waals surface area contributed by atoms with Gasteiger partial charge in [0.1, 0.15) is 17.5 Å². The first-order valence-corrected chi connectivity index (χ1v) is 28.3. The highest BCUT2D eigenvalue weighted by Crippen LogP contribution is 2.16. The van der Waals surface area contributed by atoms with Crippen molar-refractivity contribution in [2.45, 2.75) is 49.5 Å². The number of hydrogen-bond donors (Lipinski definition) is 14. The van der Waals surface area contributed by atoms with Gasteiger partial charge in [0.05, 0.1) is 77.4 Å². The number of nitrogens with one attached hydrogen (secondary N) is 4. The molecule has 0 saturated heterocycles. The molecule has 0 spiro atoms. The van der Waals surface area contributed by atoms with Gasteiger partial charge < -0.3 is 42.2 Å². The van der Waals surface area contributed by atoms with Gasteiger partial charge in [0.2, 0.25) is 5.91 Å². The summed E-state index contributed by atoms with van der Waals surface area (Å²) < 4.78 is 8.79. The molecule has 1 amide bonds. The van der Waals surface area contributed by atoms with Crippen LogP contribution >= 0.6 is 12.4 Å². The highest BCUT2D eigenvalue weighted by atomic mass is 35.5. The molecule has 0 unspecified atom stereocenters. The van der Waals surface area contributed by atoms with Crippen molar-refractivity contribution in [2.75, 3.05) is 23.5 Å². The number of esters is 2. The molecule has 6 aromatic carbocycles. The maximum atomic E-state index is 12.1. The van der Waals surface area contributed by atoms with Crippen molar-refractivity contribution in [2.24, 2.45) is 17.6 Å². The third kappa shape index (κ3) is 22.8. The largest absolute Gasteiger partial charge is 0.478 e. The standard InChI is InChI=1S/C11H8N4O2.C11H6N4O.C11H7N3O2.C9H9N3O.C9H9NO3.C7H7NO2.C4H6O3.C2H6O.2CH4.ClH.H4N2.H3NO/c16-11-8-3-1-2-4-9(8)14-10-7(6-13-17)5-12-15(10)11;12-5-7-6-13-15-10(7)14-9-4-2-1-3-8(9)11(15)16;15-6-7-5-12-14-10(7)13-9-4-2-1-3-8(9)11(14)16;1-6-11-8-5-3-2-4-7(8)9(13)12(6)10;1-6(11)10-8-5-3-2-4-7(8)9(12)13;8-6-4-2-1-3-5(6)7(9)10;1-3(5)7-4(2)6;1-2-3;;;;2*1-2/h1-6,13,17H;1-4,6,13H;1-6,12H;2-5H,10H2,1H3;2-5H,1H3,(H,10,11)(H,12,13);1-4H,8H2,(H,9,10);1-2H3;3H,2H2,1H3;2*1H4;1H;1-2H2;2H,1H2. The number of carboxylic acids is 2. The number of hydrogen-bond acceptors (Lipinski definition) is 26. The Bertz CT molecular complexity index is 5350. The Hall–Kier alpha value is -13.5. The fourth-order valence-corrected chi connectivity index (χ4v) is 8.33. The Morgan fingerprint density at radius 3 is 1.45 bits per heavy atom. The maximum absolute atomic E-state index is 12.1. The van der Waals surface area contributed by atoms with Crippen molar-refractivity contribution in [1.29, 1.82) is 5.26 Å². The van der Waals surface area contributed by atoms with Crippen LogP contribution in [0.5, 0.6) is 0 Å². The molecule has 102 heavy (non-hydrogen) atoms. The van der Waals surface area contributed by atoms with Crippen molar-refractivity contribution >= 4 is 127 Å². The number of hydrazine groups is 1. The number of nitrogens with zero attached hydrogens (tertiary/aromatic N) is 10. The molecule has 7 heterocycles. The van der Waals surface area contributed by atoms with Crippen molar-refractivity contribution in [3.63, 3.8) is 0 Å². The van der Waals surface area contributed by atoms with Crippen molar-refractivity contribution in [3.8, 4) is 6.07 Å². The van der Waals surface area contributed by atoms with Gasteiger partial charge in [0.15, 0.2) is 23.2 Å². The fraction of sp³-hybridized carbons (Fsp3) is 0.121. The number of aryl methyl sites for hydroxylation is 1. The normalized spacial score (nSPS) is 9.73. The molecule has 0 atom stereocenters. The van der Waals surface area contributed by atoms with Crippen molar-refractivity contribution in [1.82, 2.24) is 58.9 Å². The number of anilines is 2. The minimum atomic E-state index is -1.05. The predicted molar refractivity (Wildman–Crippen MR) is 385 cm³/mol. The summed E-state index contributed by atoms with van der Waals surface area (Å²) in [5.74, 6) is 14.1. The number of nitriles is 1. The Kier molecular flexibility index (Phi) is 36.4. The van der Waals surface area contributed by atoms with Crippen LogP contribution in [0.3, 0.4) is 0 Å². The molecular formula is C66H74ClN19O16. The molecule has 0 fully saturated rings. The summed E-state index contributed by atoms with van der Waals surface area (Å²) >= 11 is 0. The van der Waals surface area contributed by atoms with Crippen LogP contribution in [0.2, 0.25) is 0 Å². The SMILES string of the molecule is C.C.CC(=O)Nc1ccccc1C(=O)O.CC(=O)OC(C)=O.CCO.Cc1nc2ccccc2c(=O)n1N.Cl.N#Cc1c[nH]n2c(=O)c3ccccc3nc12.NN.NO.Nc1ccccc1C(=O)O.O=Cc1c[nH]n2c(=O)c3ccccc3nc12.O=c1c2ccccc2nc2c(=CNO)cnn12. The van der Waals surface area contributed by atoms with E-state index in [0.29, 0.717) is 100 Å². The van der Waals surface area contributed by atoms with Crippen LogP contribution < -0.4 is 67.4 Å². The van der Waals surface area contributed by atoms with Gasteiger partial charge in [-0.25, -0.2) is 44.6 Å². The highest BCUT2D eigenvalue weighted by molar-refractivity contribution is 6.00. The first kappa shape index (κ1) is 86.5. The van der Waals surface area contributed by atoms with Gasteiger partial charge in [0.25, 0.3) is 22.2 Å². The van der Waals surface area contributed by atoms with Gasteiger partial charge in [-0.1, -0.05) is 87.6 Å². The van der Waals surface area contributed by atoms with E-state index in [4.69, 9.17) is 42.6 Å². The van der Waals surface area contributed by atoms with E-state index < -0.39 is 23.9 Å². The summed E-state index contributed by atoms with van der Waals surface area (Å²) in [7, 11) is 0. The number of carbonyl (C=O) groups is 6. The minimum absolute atomic E-state index is 0. The van der Waals surface area contributed by atoms with E-state index in [1.54, 1.807) is 129 Å². The number of halogens is 1. The zero-order chi connectivity index (χ0) is 73.5. The summed E-state index contributed by atoms with van der Waals surface area (Å²) in [4.78, 5) is 127. The molecule has 19 N–H and O–H groups in total. The number of aromatic amines is 2. The number of aliphatic hydroxyl groups excluding tert-OH is 1. The quantitative estimate of drug-likeness (QED) is 0.0284. The molecule has 0 saturated carbocycles. The van der Waals surface area contributed by atoms with E-state index in [2.05, 4.69) is 62.9 Å². The first-order chi connectivity index (χ1) is 47.5. The lowest BCUT2D eigenvalue weighted by atomic mass is 10.2. The van der Waals surface area contributed by atoms with Crippen LogP contribution in [-0.2, 0) is 19.1 Å². The minimum Gasteiger partial charge on any atom is -0.478 e.